The number of rotatable bonds is 14. The first kappa shape index (κ1) is 23.8. The molecule has 0 aliphatic rings. The van der Waals surface area contributed by atoms with Crippen LogP contribution in [0.4, 0.5) is 0 Å². The highest BCUT2D eigenvalue weighted by Crippen LogP contribution is 2.44. The third-order valence-electron chi connectivity index (χ3n) is 4.51. The van der Waals surface area contributed by atoms with Gasteiger partial charge in [0.25, 0.3) is 0 Å². The molecule has 0 saturated heterocycles. The van der Waals surface area contributed by atoms with Crippen LogP contribution in [-0.2, 0) is 0 Å². The summed E-state index contributed by atoms with van der Waals surface area (Å²) in [7, 11) is 0. The summed E-state index contributed by atoms with van der Waals surface area (Å²) in [5.74, 6) is 1.95. The van der Waals surface area contributed by atoms with Crippen molar-refractivity contribution in [3.05, 3.63) is 23.3 Å². The lowest BCUT2D eigenvalue weighted by atomic mass is 10.0. The third-order valence-corrected chi connectivity index (χ3v) is 5.43. The lowest BCUT2D eigenvalue weighted by Crippen LogP contribution is -2.07. The van der Waals surface area contributed by atoms with Gasteiger partial charge in [-0.25, -0.2) is 0 Å². The van der Waals surface area contributed by atoms with Gasteiger partial charge in [0, 0.05) is 20.8 Å². The molecular weight excluding hydrogens is 456 g/mol. The van der Waals surface area contributed by atoms with Crippen molar-refractivity contribution in [3.8, 4) is 11.5 Å². The minimum absolute atomic E-state index is 0.215. The van der Waals surface area contributed by atoms with Gasteiger partial charge in [-0.05, 0) is 38.8 Å². The Hall–Kier alpha value is -0.220. The molecule has 1 rings (SSSR count). The molecule has 4 heteroatoms. The predicted molar refractivity (Wildman–Crippen MR) is 120 cm³/mol. The van der Waals surface area contributed by atoms with Gasteiger partial charge in [0.05, 0.1) is 13.2 Å². The van der Waals surface area contributed by atoms with E-state index in [1.807, 2.05) is 0 Å². The first-order valence-corrected chi connectivity index (χ1v) is 12.1. The first-order valence-electron chi connectivity index (χ1n) is 10.2. The molecular formula is C22H36Br2O2. The summed E-state index contributed by atoms with van der Waals surface area (Å²) in [6.07, 6.45) is 9.74. The zero-order chi connectivity index (χ0) is 19.4. The van der Waals surface area contributed by atoms with E-state index in [1.54, 1.807) is 0 Å². The fourth-order valence-corrected chi connectivity index (χ4v) is 4.04. The van der Waals surface area contributed by atoms with Crippen molar-refractivity contribution in [2.75, 3.05) is 13.2 Å². The summed E-state index contributed by atoms with van der Waals surface area (Å²) in [5, 5.41) is 0. The smallest absolute Gasteiger partial charge is 0.124 e. The van der Waals surface area contributed by atoms with Crippen LogP contribution in [0, 0.1) is 0 Å². The van der Waals surface area contributed by atoms with Crippen molar-refractivity contribution in [2.24, 2.45) is 0 Å². The fraction of sp³-hybridized carbons (Fsp3) is 0.727. The van der Waals surface area contributed by atoms with E-state index in [-0.39, 0.29) is 9.65 Å². The quantitative estimate of drug-likeness (QED) is 0.192. The molecule has 0 aromatic heterocycles. The van der Waals surface area contributed by atoms with E-state index in [0.717, 1.165) is 37.6 Å². The molecule has 150 valence electrons. The van der Waals surface area contributed by atoms with Gasteiger partial charge in [0.2, 0.25) is 0 Å². The van der Waals surface area contributed by atoms with Gasteiger partial charge in [-0.1, -0.05) is 84.2 Å². The van der Waals surface area contributed by atoms with Gasteiger partial charge in [0.15, 0.2) is 0 Å². The van der Waals surface area contributed by atoms with E-state index >= 15 is 0 Å². The van der Waals surface area contributed by atoms with Crippen LogP contribution < -0.4 is 9.47 Å². The van der Waals surface area contributed by atoms with Crippen molar-refractivity contribution in [3.63, 3.8) is 0 Å². The second-order valence-electron chi connectivity index (χ2n) is 6.94. The molecule has 2 nitrogen and oxygen atoms in total. The number of alkyl halides is 2. The molecule has 0 spiro atoms. The molecule has 1 aromatic rings. The van der Waals surface area contributed by atoms with Crippen LogP contribution >= 0.6 is 31.9 Å². The van der Waals surface area contributed by atoms with E-state index in [0.29, 0.717) is 0 Å². The number of unbranched alkanes of at least 4 members (excludes halogenated alkanes) is 6. The molecule has 1 aromatic carbocycles. The molecule has 2 unspecified atom stereocenters. The van der Waals surface area contributed by atoms with Crippen LogP contribution in [0.1, 0.15) is 99.8 Å². The van der Waals surface area contributed by atoms with Crippen molar-refractivity contribution < 1.29 is 9.47 Å². The number of hydrogen-bond donors (Lipinski definition) is 0. The summed E-state index contributed by atoms with van der Waals surface area (Å²) in [5.41, 5.74) is 2.41. The Morgan fingerprint density at radius 1 is 0.692 bits per heavy atom. The summed E-state index contributed by atoms with van der Waals surface area (Å²) in [6.45, 7) is 10.3. The standard InChI is InChI=1S/C22H36Br2O2/c1-5-7-9-11-15-25-19-13-14-20(26-16-12-10-8-6-2)22(18(4)24)21(19)17(3)23/h13-14,17-18H,5-12,15-16H2,1-4H3. The summed E-state index contributed by atoms with van der Waals surface area (Å²) in [4.78, 5) is 0.429. The summed E-state index contributed by atoms with van der Waals surface area (Å²) in [6, 6.07) is 4.15. The van der Waals surface area contributed by atoms with Gasteiger partial charge in [-0.15, -0.1) is 0 Å². The maximum atomic E-state index is 6.14. The maximum Gasteiger partial charge on any atom is 0.124 e. The van der Waals surface area contributed by atoms with Crippen LogP contribution in [0.2, 0.25) is 0 Å². The molecule has 0 heterocycles. The first-order chi connectivity index (χ1) is 12.5. The normalized spacial score (nSPS) is 13.5. The van der Waals surface area contributed by atoms with Crippen molar-refractivity contribution in [2.45, 2.75) is 88.7 Å². The molecule has 0 N–H and O–H groups in total. The highest BCUT2D eigenvalue weighted by molar-refractivity contribution is 9.09. The number of ether oxygens (including phenoxy) is 2. The average Bonchev–Trinajstić information content (AvgIpc) is 2.61. The second kappa shape index (κ2) is 13.9. The Kier molecular flexibility index (Phi) is 12.7. The predicted octanol–water partition coefficient (Wildman–Crippen LogP) is 8.52. The SMILES string of the molecule is CCCCCCOc1ccc(OCCCCCC)c(C(C)Br)c1C(C)Br. The second-order valence-corrected chi connectivity index (χ2v) is 9.69. The zero-order valence-corrected chi connectivity index (χ0v) is 20.1. The van der Waals surface area contributed by atoms with Gasteiger partial charge in [-0.3, -0.25) is 0 Å². The van der Waals surface area contributed by atoms with Crippen molar-refractivity contribution in [1.82, 2.24) is 0 Å². The Morgan fingerprint density at radius 2 is 1.08 bits per heavy atom. The molecule has 0 aliphatic carbocycles. The minimum Gasteiger partial charge on any atom is -0.493 e. The average molecular weight is 492 g/mol. The van der Waals surface area contributed by atoms with E-state index in [1.165, 1.54) is 49.7 Å². The molecule has 0 bridgehead atoms. The highest BCUT2D eigenvalue weighted by atomic mass is 79.9. The van der Waals surface area contributed by atoms with Gasteiger partial charge in [-0.2, -0.15) is 0 Å². The molecule has 0 radical (unpaired) electrons. The molecule has 2 atom stereocenters. The topological polar surface area (TPSA) is 18.5 Å². The molecule has 0 amide bonds. The van der Waals surface area contributed by atoms with Gasteiger partial charge < -0.3 is 9.47 Å². The summed E-state index contributed by atoms with van der Waals surface area (Å²) < 4.78 is 12.3. The number of benzene rings is 1. The maximum absolute atomic E-state index is 6.14. The van der Waals surface area contributed by atoms with E-state index in [4.69, 9.17) is 9.47 Å². The van der Waals surface area contributed by atoms with Crippen molar-refractivity contribution in [1.29, 1.82) is 0 Å². The lowest BCUT2D eigenvalue weighted by Gasteiger charge is -2.22. The molecule has 0 aliphatic heterocycles. The Labute approximate surface area is 177 Å². The van der Waals surface area contributed by atoms with Crippen LogP contribution in [0.5, 0.6) is 11.5 Å². The zero-order valence-electron chi connectivity index (χ0n) is 17.0. The minimum atomic E-state index is 0.215. The monoisotopic (exact) mass is 490 g/mol. The van der Waals surface area contributed by atoms with Crippen LogP contribution in [0.3, 0.4) is 0 Å². The Balaban J connectivity index is 2.87. The third kappa shape index (κ3) is 8.21. The Morgan fingerprint density at radius 3 is 1.38 bits per heavy atom. The van der Waals surface area contributed by atoms with E-state index < -0.39 is 0 Å². The van der Waals surface area contributed by atoms with Crippen LogP contribution in [0.15, 0.2) is 12.1 Å². The van der Waals surface area contributed by atoms with Crippen LogP contribution in [-0.4, -0.2) is 13.2 Å². The Bertz CT molecular complexity index is 456. The fourth-order valence-electron chi connectivity index (χ4n) is 3.09. The molecule has 0 fully saturated rings. The molecule has 0 saturated carbocycles. The van der Waals surface area contributed by atoms with Crippen molar-refractivity contribution >= 4 is 31.9 Å². The van der Waals surface area contributed by atoms with E-state index in [2.05, 4.69) is 71.7 Å². The number of hydrogen-bond acceptors (Lipinski definition) is 2. The number of halogens is 2. The lowest BCUT2D eigenvalue weighted by molar-refractivity contribution is 0.292. The van der Waals surface area contributed by atoms with E-state index in [9.17, 15) is 0 Å². The molecule has 26 heavy (non-hydrogen) atoms. The highest BCUT2D eigenvalue weighted by Gasteiger charge is 2.22. The summed E-state index contributed by atoms with van der Waals surface area (Å²) >= 11 is 7.53. The van der Waals surface area contributed by atoms with Crippen LogP contribution in [0.25, 0.3) is 0 Å². The largest absolute Gasteiger partial charge is 0.493 e. The van der Waals surface area contributed by atoms with Gasteiger partial charge in [0.1, 0.15) is 11.5 Å². The van der Waals surface area contributed by atoms with Gasteiger partial charge >= 0.3 is 0 Å².